The normalized spacial score (nSPS) is 21.1. The van der Waals surface area contributed by atoms with E-state index < -0.39 is 0 Å². The van der Waals surface area contributed by atoms with Crippen molar-refractivity contribution in [2.75, 3.05) is 23.0 Å². The monoisotopic (exact) mass is 219 g/mol. The molecule has 0 amide bonds. The van der Waals surface area contributed by atoms with Crippen LogP contribution in [-0.4, -0.2) is 29.1 Å². The van der Waals surface area contributed by atoms with E-state index in [0.29, 0.717) is 11.7 Å². The van der Waals surface area contributed by atoms with Crippen LogP contribution < -0.4 is 4.90 Å². The van der Waals surface area contributed by atoms with Crippen molar-refractivity contribution in [1.29, 1.82) is 5.26 Å². The molecule has 1 unspecified atom stereocenters. The van der Waals surface area contributed by atoms with Crippen LogP contribution in [-0.2, 0) is 0 Å². The van der Waals surface area contributed by atoms with E-state index in [2.05, 4.69) is 22.9 Å². The number of hydrogen-bond donors (Lipinski definition) is 0. The topological polar surface area (TPSA) is 39.9 Å². The number of hydrogen-bond acceptors (Lipinski definition) is 4. The van der Waals surface area contributed by atoms with Gasteiger partial charge in [-0.2, -0.15) is 17.0 Å². The van der Waals surface area contributed by atoms with Crippen molar-refractivity contribution in [1.82, 2.24) is 4.98 Å². The molecule has 0 radical (unpaired) electrons. The highest BCUT2D eigenvalue weighted by Gasteiger charge is 2.18. The van der Waals surface area contributed by atoms with E-state index >= 15 is 0 Å². The summed E-state index contributed by atoms with van der Waals surface area (Å²) in [6.45, 7) is 3.28. The van der Waals surface area contributed by atoms with Crippen molar-refractivity contribution in [2.24, 2.45) is 0 Å². The Labute approximate surface area is 94.1 Å². The molecule has 0 aliphatic carbocycles. The third-order valence-corrected chi connectivity index (χ3v) is 3.75. The van der Waals surface area contributed by atoms with Gasteiger partial charge in [-0.3, -0.25) is 0 Å². The molecule has 1 atom stereocenters. The first-order valence-electron chi connectivity index (χ1n) is 5.02. The Kier molecular flexibility index (Phi) is 3.12. The molecule has 1 aromatic rings. The number of nitrogens with zero attached hydrogens (tertiary/aromatic N) is 3. The fourth-order valence-corrected chi connectivity index (χ4v) is 2.78. The molecular weight excluding hydrogens is 206 g/mol. The lowest BCUT2D eigenvalue weighted by Gasteiger charge is -2.34. The molecule has 1 saturated heterocycles. The largest absolute Gasteiger partial charge is 0.367 e. The van der Waals surface area contributed by atoms with Gasteiger partial charge in [-0.1, -0.05) is 0 Å². The minimum Gasteiger partial charge on any atom is -0.367 e. The molecule has 1 aliphatic rings. The second-order valence-corrected chi connectivity index (χ2v) is 4.78. The quantitative estimate of drug-likeness (QED) is 0.723. The Morgan fingerprint density at radius 3 is 3.27 bits per heavy atom. The van der Waals surface area contributed by atoms with Crippen LogP contribution in [0.2, 0.25) is 0 Å². The van der Waals surface area contributed by atoms with Crippen molar-refractivity contribution in [3.8, 4) is 6.07 Å². The van der Waals surface area contributed by atoms with Crippen molar-refractivity contribution < 1.29 is 0 Å². The van der Waals surface area contributed by atoms with Gasteiger partial charge in [0, 0.05) is 36.0 Å². The molecular formula is C11H13N3S. The average Bonchev–Trinajstić information content (AvgIpc) is 2.30. The van der Waals surface area contributed by atoms with Crippen LogP contribution in [0, 0.1) is 11.3 Å². The van der Waals surface area contributed by atoms with Gasteiger partial charge in [-0.05, 0) is 19.1 Å². The molecule has 2 heterocycles. The standard InChI is InChI=1S/C11H13N3S/c1-9-8-15-5-4-14(9)11-2-3-13-10(6-11)7-12/h2-3,6,9H,4-5,8H2,1H3. The summed E-state index contributed by atoms with van der Waals surface area (Å²) in [4.78, 5) is 6.33. The van der Waals surface area contributed by atoms with Gasteiger partial charge < -0.3 is 4.90 Å². The van der Waals surface area contributed by atoms with Gasteiger partial charge in [0.05, 0.1) is 0 Å². The Morgan fingerprint density at radius 1 is 1.67 bits per heavy atom. The van der Waals surface area contributed by atoms with Crippen LogP contribution in [0.15, 0.2) is 18.3 Å². The Balaban J connectivity index is 2.24. The molecule has 1 aromatic heterocycles. The lowest BCUT2D eigenvalue weighted by molar-refractivity contribution is 0.699. The zero-order valence-corrected chi connectivity index (χ0v) is 9.50. The summed E-state index contributed by atoms with van der Waals surface area (Å²) in [7, 11) is 0. The van der Waals surface area contributed by atoms with Gasteiger partial charge in [0.25, 0.3) is 0 Å². The van der Waals surface area contributed by atoms with Crippen molar-refractivity contribution in [3.05, 3.63) is 24.0 Å². The van der Waals surface area contributed by atoms with Gasteiger partial charge >= 0.3 is 0 Å². The molecule has 0 saturated carbocycles. The predicted octanol–water partition coefficient (Wildman–Crippen LogP) is 1.89. The van der Waals surface area contributed by atoms with Crippen LogP contribution in [0.3, 0.4) is 0 Å². The number of nitriles is 1. The van der Waals surface area contributed by atoms with Gasteiger partial charge in [0.1, 0.15) is 11.8 Å². The molecule has 0 aromatic carbocycles. The molecule has 1 fully saturated rings. The summed E-state index contributed by atoms with van der Waals surface area (Å²) in [5.74, 6) is 2.32. The van der Waals surface area contributed by atoms with Crippen LogP contribution in [0.25, 0.3) is 0 Å². The number of aromatic nitrogens is 1. The zero-order chi connectivity index (χ0) is 10.7. The zero-order valence-electron chi connectivity index (χ0n) is 8.68. The number of thioether (sulfide) groups is 1. The van der Waals surface area contributed by atoms with E-state index in [0.717, 1.165) is 23.7 Å². The van der Waals surface area contributed by atoms with Gasteiger partial charge in [0.2, 0.25) is 0 Å². The smallest absolute Gasteiger partial charge is 0.142 e. The predicted molar refractivity (Wildman–Crippen MR) is 63.1 cm³/mol. The molecule has 3 nitrogen and oxygen atoms in total. The van der Waals surface area contributed by atoms with E-state index in [9.17, 15) is 0 Å². The number of anilines is 1. The number of pyridine rings is 1. The fraction of sp³-hybridized carbons (Fsp3) is 0.455. The van der Waals surface area contributed by atoms with Crippen LogP contribution in [0.5, 0.6) is 0 Å². The average molecular weight is 219 g/mol. The first kappa shape index (κ1) is 10.3. The summed E-state index contributed by atoms with van der Waals surface area (Å²) >= 11 is 1.99. The Morgan fingerprint density at radius 2 is 2.53 bits per heavy atom. The fourth-order valence-electron chi connectivity index (χ4n) is 1.77. The molecule has 4 heteroatoms. The molecule has 0 spiro atoms. The summed E-state index contributed by atoms with van der Waals surface area (Å²) in [5.41, 5.74) is 1.62. The van der Waals surface area contributed by atoms with Gasteiger partial charge in [-0.15, -0.1) is 0 Å². The van der Waals surface area contributed by atoms with Crippen LogP contribution in [0.1, 0.15) is 12.6 Å². The second-order valence-electron chi connectivity index (χ2n) is 3.63. The van der Waals surface area contributed by atoms with Crippen LogP contribution in [0.4, 0.5) is 5.69 Å². The maximum atomic E-state index is 8.79. The van der Waals surface area contributed by atoms with E-state index in [1.54, 1.807) is 6.20 Å². The minimum atomic E-state index is 0.498. The van der Waals surface area contributed by atoms with E-state index in [-0.39, 0.29) is 0 Å². The Bertz CT molecular complexity index is 386. The lowest BCUT2D eigenvalue weighted by atomic mass is 10.2. The van der Waals surface area contributed by atoms with Crippen LogP contribution >= 0.6 is 11.8 Å². The summed E-state index contributed by atoms with van der Waals surface area (Å²) in [5, 5.41) is 8.79. The van der Waals surface area contributed by atoms with Gasteiger partial charge in [0.15, 0.2) is 0 Å². The highest BCUT2D eigenvalue weighted by atomic mass is 32.2. The third-order valence-electron chi connectivity index (χ3n) is 2.56. The first-order chi connectivity index (χ1) is 7.31. The molecule has 78 valence electrons. The highest BCUT2D eigenvalue weighted by molar-refractivity contribution is 7.99. The highest BCUT2D eigenvalue weighted by Crippen LogP contribution is 2.23. The lowest BCUT2D eigenvalue weighted by Crippen LogP contribution is -2.40. The minimum absolute atomic E-state index is 0.498. The molecule has 15 heavy (non-hydrogen) atoms. The maximum absolute atomic E-state index is 8.79. The SMILES string of the molecule is CC1CSCCN1c1ccnc(C#N)c1. The Hall–Kier alpha value is -1.21. The second kappa shape index (κ2) is 4.54. The summed E-state index contributed by atoms with van der Waals surface area (Å²) < 4.78 is 0. The number of rotatable bonds is 1. The molecule has 2 rings (SSSR count). The van der Waals surface area contributed by atoms with E-state index in [1.165, 1.54) is 0 Å². The molecule has 0 N–H and O–H groups in total. The third kappa shape index (κ3) is 2.24. The van der Waals surface area contributed by atoms with Gasteiger partial charge in [-0.25, -0.2) is 4.98 Å². The summed E-state index contributed by atoms with van der Waals surface area (Å²) in [6, 6.07) is 6.46. The van der Waals surface area contributed by atoms with E-state index in [4.69, 9.17) is 5.26 Å². The first-order valence-corrected chi connectivity index (χ1v) is 6.17. The molecule has 0 bridgehead atoms. The van der Waals surface area contributed by atoms with Crippen molar-refractivity contribution >= 4 is 17.4 Å². The van der Waals surface area contributed by atoms with E-state index in [1.807, 2.05) is 23.9 Å². The summed E-state index contributed by atoms with van der Waals surface area (Å²) in [6.07, 6.45) is 1.71. The maximum Gasteiger partial charge on any atom is 0.142 e. The van der Waals surface area contributed by atoms with Crippen molar-refractivity contribution in [3.63, 3.8) is 0 Å². The molecule has 1 aliphatic heterocycles. The van der Waals surface area contributed by atoms with Crippen molar-refractivity contribution in [2.45, 2.75) is 13.0 Å².